The molecule has 0 bridgehead atoms. The van der Waals surface area contributed by atoms with Gasteiger partial charge in [-0.25, -0.2) is 13.8 Å². The molecule has 9 rings (SSSR count). The van der Waals surface area contributed by atoms with Gasteiger partial charge in [-0.05, 0) is 67.1 Å². The van der Waals surface area contributed by atoms with Gasteiger partial charge in [0, 0.05) is 50.1 Å². The molecule has 1 atom stereocenters. The molecule has 0 radical (unpaired) electrons. The maximum atomic E-state index is 14.4. The molecular formula is C40H27F2N5. The molecule has 0 fully saturated rings. The van der Waals surface area contributed by atoms with Gasteiger partial charge >= 0.3 is 0 Å². The van der Waals surface area contributed by atoms with Crippen molar-refractivity contribution in [3.8, 4) is 34.4 Å². The third-order valence-corrected chi connectivity index (χ3v) is 9.11. The first-order chi connectivity index (χ1) is 23.0. The Morgan fingerprint density at radius 3 is 2.21 bits per heavy atom. The van der Waals surface area contributed by atoms with Gasteiger partial charge in [0.2, 0.25) is 5.95 Å². The average molecular weight is 616 g/mol. The minimum Gasteiger partial charge on any atom is -0.312 e. The van der Waals surface area contributed by atoms with Crippen LogP contribution in [-0.2, 0) is 0 Å². The highest BCUT2D eigenvalue weighted by Crippen LogP contribution is 2.44. The minimum absolute atomic E-state index is 0.322. The van der Waals surface area contributed by atoms with Gasteiger partial charge in [-0.1, -0.05) is 73.7 Å². The summed E-state index contributed by atoms with van der Waals surface area (Å²) >= 11 is 0. The van der Waals surface area contributed by atoms with Gasteiger partial charge in [-0.15, -0.1) is 0 Å². The molecule has 8 aromatic rings. The molecule has 3 aromatic heterocycles. The second-order valence-electron chi connectivity index (χ2n) is 12.0. The summed E-state index contributed by atoms with van der Waals surface area (Å²) in [5.74, 6) is 0.668. The lowest BCUT2D eigenvalue weighted by atomic mass is 9.93. The van der Waals surface area contributed by atoms with E-state index in [0.717, 1.165) is 39.4 Å². The highest BCUT2D eigenvalue weighted by Gasteiger charge is 2.27. The normalized spacial score (nSPS) is 14.3. The Morgan fingerprint density at radius 1 is 0.638 bits per heavy atom. The van der Waals surface area contributed by atoms with Gasteiger partial charge in [-0.3, -0.25) is 4.57 Å². The van der Waals surface area contributed by atoms with Crippen LogP contribution in [0.25, 0.3) is 73.2 Å². The molecule has 7 heteroatoms. The first kappa shape index (κ1) is 27.4. The van der Waals surface area contributed by atoms with Crippen molar-refractivity contribution in [1.82, 2.24) is 24.1 Å². The third-order valence-electron chi connectivity index (χ3n) is 9.11. The Bertz CT molecular complexity index is 2530. The summed E-state index contributed by atoms with van der Waals surface area (Å²) in [5.41, 5.74) is 7.79. The summed E-state index contributed by atoms with van der Waals surface area (Å²) in [6.45, 7) is 2.29. The molecule has 47 heavy (non-hydrogen) atoms. The van der Waals surface area contributed by atoms with Crippen molar-refractivity contribution < 1.29 is 8.78 Å². The van der Waals surface area contributed by atoms with Crippen LogP contribution in [-0.4, -0.2) is 24.1 Å². The number of fused-ring (bicyclic) bond motifs is 7. The van der Waals surface area contributed by atoms with Crippen molar-refractivity contribution in [3.05, 3.63) is 144 Å². The van der Waals surface area contributed by atoms with Crippen LogP contribution in [0.5, 0.6) is 0 Å². The Balaban J connectivity index is 1.41. The van der Waals surface area contributed by atoms with E-state index < -0.39 is 0 Å². The van der Waals surface area contributed by atoms with Crippen LogP contribution in [0.2, 0.25) is 0 Å². The number of para-hydroxylation sites is 2. The zero-order valence-electron chi connectivity index (χ0n) is 25.4. The molecule has 0 aliphatic heterocycles. The van der Waals surface area contributed by atoms with Crippen LogP contribution in [0, 0.1) is 11.6 Å². The summed E-state index contributed by atoms with van der Waals surface area (Å²) in [5, 5.41) is 3.34. The molecule has 0 saturated carbocycles. The van der Waals surface area contributed by atoms with Crippen LogP contribution in [0.3, 0.4) is 0 Å². The maximum Gasteiger partial charge on any atom is 0.238 e. The van der Waals surface area contributed by atoms with Crippen LogP contribution < -0.4 is 0 Å². The van der Waals surface area contributed by atoms with Gasteiger partial charge in [0.05, 0.1) is 16.6 Å². The van der Waals surface area contributed by atoms with Crippen molar-refractivity contribution in [2.24, 2.45) is 0 Å². The van der Waals surface area contributed by atoms with Crippen LogP contribution >= 0.6 is 0 Å². The number of rotatable bonds is 4. The molecule has 0 spiro atoms. The molecule has 3 heterocycles. The number of benzene rings is 5. The number of halogens is 2. The van der Waals surface area contributed by atoms with E-state index in [0.29, 0.717) is 34.6 Å². The Kier molecular flexibility index (Phi) is 6.15. The number of nitrogens with zero attached hydrogens (tertiary/aromatic N) is 5. The number of allylic oxidation sites excluding steroid dienone is 1. The predicted molar refractivity (Wildman–Crippen MR) is 184 cm³/mol. The van der Waals surface area contributed by atoms with E-state index in [2.05, 4.69) is 82.8 Å². The minimum atomic E-state index is -0.388. The Hall–Kier alpha value is -5.95. The lowest BCUT2D eigenvalue weighted by molar-refractivity contribution is 0.627. The van der Waals surface area contributed by atoms with Gasteiger partial charge in [0.15, 0.2) is 11.6 Å². The highest BCUT2D eigenvalue weighted by atomic mass is 19.1. The predicted octanol–water partition coefficient (Wildman–Crippen LogP) is 10.0. The van der Waals surface area contributed by atoms with E-state index in [1.165, 1.54) is 40.9 Å². The summed E-state index contributed by atoms with van der Waals surface area (Å²) in [6, 6.07) is 35.4. The lowest BCUT2D eigenvalue weighted by Crippen LogP contribution is -2.07. The zero-order valence-corrected chi connectivity index (χ0v) is 25.4. The molecule has 1 aliphatic rings. The average Bonchev–Trinajstić information content (AvgIpc) is 3.63. The summed E-state index contributed by atoms with van der Waals surface area (Å²) in [6.07, 6.45) is 5.50. The van der Waals surface area contributed by atoms with Gasteiger partial charge in [-0.2, -0.15) is 9.97 Å². The molecule has 5 nitrogen and oxygen atoms in total. The van der Waals surface area contributed by atoms with Gasteiger partial charge in [0.1, 0.15) is 11.6 Å². The van der Waals surface area contributed by atoms with E-state index in [9.17, 15) is 8.78 Å². The largest absolute Gasteiger partial charge is 0.312 e. The molecule has 1 aliphatic carbocycles. The van der Waals surface area contributed by atoms with Crippen LogP contribution in [0.1, 0.15) is 30.5 Å². The first-order valence-corrected chi connectivity index (χ1v) is 15.7. The van der Waals surface area contributed by atoms with E-state index in [-0.39, 0.29) is 11.6 Å². The van der Waals surface area contributed by atoms with Crippen molar-refractivity contribution in [3.63, 3.8) is 0 Å². The molecule has 5 aromatic carbocycles. The SMILES string of the molecule is CC1CC=Cc2c1n(-c1ccccc1)c1c2ccc2c1c1ccccc1n2-c1nc(-c2ccc(F)cc2)nc(-c2cccc(F)c2)n1. The number of hydrogen-bond acceptors (Lipinski definition) is 3. The van der Waals surface area contributed by atoms with Gasteiger partial charge < -0.3 is 4.57 Å². The van der Waals surface area contributed by atoms with Crippen LogP contribution in [0.15, 0.2) is 121 Å². The second-order valence-corrected chi connectivity index (χ2v) is 12.0. The molecular weight excluding hydrogens is 588 g/mol. The molecule has 1 unspecified atom stereocenters. The molecule has 0 N–H and O–H groups in total. The molecule has 226 valence electrons. The number of hydrogen-bond donors (Lipinski definition) is 0. The smallest absolute Gasteiger partial charge is 0.238 e. The summed E-state index contributed by atoms with van der Waals surface area (Å²) in [7, 11) is 0. The topological polar surface area (TPSA) is 48.5 Å². The highest BCUT2D eigenvalue weighted by molar-refractivity contribution is 6.22. The molecule has 0 saturated heterocycles. The quantitative estimate of drug-likeness (QED) is 0.198. The fraction of sp³-hybridized carbons (Fsp3) is 0.0750. The van der Waals surface area contributed by atoms with Crippen molar-refractivity contribution in [1.29, 1.82) is 0 Å². The van der Waals surface area contributed by atoms with E-state index in [4.69, 9.17) is 15.0 Å². The Labute approximate surface area is 269 Å². The van der Waals surface area contributed by atoms with Gasteiger partial charge in [0.25, 0.3) is 0 Å². The monoisotopic (exact) mass is 615 g/mol. The van der Waals surface area contributed by atoms with E-state index in [1.54, 1.807) is 24.3 Å². The summed E-state index contributed by atoms with van der Waals surface area (Å²) in [4.78, 5) is 14.7. The fourth-order valence-corrected chi connectivity index (χ4v) is 7.04. The lowest BCUT2D eigenvalue weighted by Gasteiger charge is -2.19. The van der Waals surface area contributed by atoms with E-state index >= 15 is 0 Å². The van der Waals surface area contributed by atoms with E-state index in [1.807, 2.05) is 12.1 Å². The Morgan fingerprint density at radius 2 is 1.40 bits per heavy atom. The van der Waals surface area contributed by atoms with Crippen LogP contribution in [0.4, 0.5) is 8.78 Å². The second kappa shape index (κ2) is 10.6. The first-order valence-electron chi connectivity index (χ1n) is 15.7. The zero-order chi connectivity index (χ0) is 31.6. The standard InChI is InChI=1S/C40H27F2N5/c1-24-9-7-15-30-31-21-22-34-35(37(31)46(36(24)30)29-12-3-2-4-13-29)32-14-5-6-16-33(32)47(34)40-44-38(25-17-19-27(41)20-18-25)43-39(45-40)26-10-8-11-28(42)23-26/h2-8,10-24H,9H2,1H3. The summed E-state index contributed by atoms with van der Waals surface area (Å²) < 4.78 is 32.8. The molecule has 0 amide bonds. The third kappa shape index (κ3) is 4.31. The van der Waals surface area contributed by atoms with Crippen molar-refractivity contribution in [2.75, 3.05) is 0 Å². The maximum absolute atomic E-state index is 14.4. The number of aromatic nitrogens is 5. The fourth-order valence-electron chi connectivity index (χ4n) is 7.04. The van der Waals surface area contributed by atoms with Crippen molar-refractivity contribution >= 4 is 38.8 Å². The van der Waals surface area contributed by atoms with Crippen molar-refractivity contribution in [2.45, 2.75) is 19.3 Å².